The molecule has 0 bridgehead atoms. The molecule has 16 nitrogen and oxygen atoms in total. The molecule has 0 aliphatic rings. The minimum absolute atomic E-state index is 0.108. The third-order valence-corrected chi connectivity index (χ3v) is 20.6. The Kier molecular flexibility index (Phi) is 80.3. The summed E-state index contributed by atoms with van der Waals surface area (Å²) in [6, 6.07) is 0. The van der Waals surface area contributed by atoms with Crippen LogP contribution in [-0.4, -0.2) is 95.9 Å². The van der Waals surface area contributed by atoms with Gasteiger partial charge in [0.15, 0.2) is 6.10 Å². The Morgan fingerprint density at radius 2 is 0.486 bits per heavy atom. The summed E-state index contributed by atoms with van der Waals surface area (Å²) in [6.45, 7) is 2.59. The van der Waals surface area contributed by atoms with Gasteiger partial charge in [-0.05, 0) is 116 Å². The Labute approximate surface area is 665 Å². The Morgan fingerprint density at radius 1 is 0.266 bits per heavy atom. The molecule has 4 N–H and O–H groups in total. The number of rotatable bonds is 83. The second-order valence-corrected chi connectivity index (χ2v) is 32.2. The first-order valence-electron chi connectivity index (χ1n) is 43.8. The van der Waals surface area contributed by atoms with Gasteiger partial charge in [0.1, 0.15) is 25.4 Å². The Bertz CT molecular complexity index is 2460. The first-order valence-corrected chi connectivity index (χ1v) is 46.8. The lowest BCUT2D eigenvalue weighted by atomic mass is 10.0. The topological polar surface area (TPSA) is 231 Å². The molecule has 0 aromatic rings. The Balaban J connectivity index is 4.44. The molecule has 0 saturated heterocycles. The van der Waals surface area contributed by atoms with Crippen molar-refractivity contribution in [3.05, 3.63) is 122 Å². The molecule has 630 valence electrons. The summed E-state index contributed by atoms with van der Waals surface area (Å²) in [5, 5.41) is 20.7. The smallest absolute Gasteiger partial charge is 0.463 e. The van der Waals surface area contributed by atoms with E-state index < -0.39 is 91.5 Å². The van der Waals surface area contributed by atoms with E-state index in [2.05, 4.69) is 142 Å². The average Bonchev–Trinajstić information content (AvgIpc) is 0.916. The van der Waals surface area contributed by atoms with E-state index in [0.717, 1.165) is 135 Å². The molecule has 0 fully saturated rings. The standard InChI is InChI=1S/C91H160O16P2/c1-4-7-10-13-16-19-22-25-27-29-31-33-35-37-39-41-42-44-46-47-49-51-53-55-57-60-62-65-68-71-74-77-89(94)101-80-86(92)81-103-108(97,98)104-82-87(93)83-105-109(99,100)106-85-88(107-91(96)79-76-73-70-67-64-59-24-21-18-15-12-9-6-3)84-102-90(95)78-75-72-69-66-63-61-58-56-54-52-50-48-45-43-40-38-36-34-32-30-28-26-23-20-17-14-11-8-5-2/h7,10,16-17,19-20,25-28,31-34,37-40,42,44,86-88,92-93H,4-6,8-9,11-15,18,21-24,29-30,35-36,41,43,45-85H2,1-3H3,(H,97,98)(H,99,100)/b10-7-,19-16-,20-17-,27-25-,28-26-,33-31-,34-32-,39-37-,40-38-,44-42-. The van der Waals surface area contributed by atoms with E-state index in [1.54, 1.807) is 0 Å². The fraction of sp³-hybridized carbons (Fsp3) is 0.747. The third-order valence-electron chi connectivity index (χ3n) is 18.7. The summed E-state index contributed by atoms with van der Waals surface area (Å²) >= 11 is 0. The van der Waals surface area contributed by atoms with Crippen molar-refractivity contribution in [2.75, 3.05) is 39.6 Å². The van der Waals surface area contributed by atoms with Gasteiger partial charge in [0.05, 0.1) is 26.4 Å². The number of hydrogen-bond acceptors (Lipinski definition) is 14. The van der Waals surface area contributed by atoms with Crippen molar-refractivity contribution in [1.82, 2.24) is 0 Å². The average molecular weight is 1570 g/mol. The van der Waals surface area contributed by atoms with E-state index in [1.165, 1.54) is 186 Å². The monoisotopic (exact) mass is 1570 g/mol. The van der Waals surface area contributed by atoms with Gasteiger partial charge in [-0.25, -0.2) is 9.13 Å². The van der Waals surface area contributed by atoms with Crippen LogP contribution in [0.3, 0.4) is 0 Å². The molecular formula is C91H160O16P2. The highest BCUT2D eigenvalue weighted by Gasteiger charge is 2.29. The molecule has 0 aliphatic heterocycles. The van der Waals surface area contributed by atoms with Crippen molar-refractivity contribution in [1.29, 1.82) is 0 Å². The first kappa shape index (κ1) is 105. The number of carbonyl (C=O) groups excluding carboxylic acids is 3. The normalized spacial score (nSPS) is 14.4. The van der Waals surface area contributed by atoms with Crippen LogP contribution in [0.4, 0.5) is 0 Å². The predicted molar refractivity (Wildman–Crippen MR) is 454 cm³/mol. The van der Waals surface area contributed by atoms with Gasteiger partial charge < -0.3 is 34.2 Å². The van der Waals surface area contributed by atoms with Crippen LogP contribution in [0.15, 0.2) is 122 Å². The third kappa shape index (κ3) is 84.7. The van der Waals surface area contributed by atoms with E-state index in [0.29, 0.717) is 19.3 Å². The fourth-order valence-corrected chi connectivity index (χ4v) is 13.6. The van der Waals surface area contributed by atoms with Crippen LogP contribution in [0.25, 0.3) is 0 Å². The molecule has 0 aromatic heterocycles. The SMILES string of the molecule is CC/C=C\C/C=C\C/C=C\C/C=C\C/C=C\C/C=C\CCCCCCCCCCCCCCC(=O)OCC(O)COP(=O)(O)OCC(O)COP(=O)(O)OCC(COC(=O)CCCCCCCCCCCCCCC/C=C\C/C=C\C/C=C\C/C=C\CCCCC)OC(=O)CCCCCCCCCCCCCCC. The van der Waals surface area contributed by atoms with E-state index in [1.807, 2.05) is 0 Å². The second-order valence-electron chi connectivity index (χ2n) is 29.3. The molecule has 0 saturated carbocycles. The van der Waals surface area contributed by atoms with Crippen LogP contribution in [0.5, 0.6) is 0 Å². The summed E-state index contributed by atoms with van der Waals surface area (Å²) in [5.74, 6) is -1.56. The van der Waals surface area contributed by atoms with Crippen LogP contribution in [-0.2, 0) is 55.8 Å². The number of aliphatic hydroxyl groups is 2. The van der Waals surface area contributed by atoms with Gasteiger partial charge in [0, 0.05) is 19.3 Å². The van der Waals surface area contributed by atoms with Crippen LogP contribution >= 0.6 is 15.6 Å². The van der Waals surface area contributed by atoms with E-state index in [9.17, 15) is 43.5 Å². The zero-order chi connectivity index (χ0) is 79.4. The Morgan fingerprint density at radius 3 is 0.789 bits per heavy atom. The molecule has 0 radical (unpaired) electrons. The number of esters is 3. The van der Waals surface area contributed by atoms with Gasteiger partial charge >= 0.3 is 33.6 Å². The summed E-state index contributed by atoms with van der Waals surface area (Å²) in [4.78, 5) is 58.8. The van der Waals surface area contributed by atoms with Crippen molar-refractivity contribution >= 4 is 33.6 Å². The van der Waals surface area contributed by atoms with Crippen LogP contribution in [0.2, 0.25) is 0 Å². The molecule has 0 aromatic carbocycles. The van der Waals surface area contributed by atoms with Crippen molar-refractivity contribution in [2.24, 2.45) is 0 Å². The second kappa shape index (κ2) is 83.4. The zero-order valence-corrected chi connectivity index (χ0v) is 71.0. The van der Waals surface area contributed by atoms with Crippen molar-refractivity contribution < 1.29 is 75.8 Å². The molecular weight excluding hydrogens is 1410 g/mol. The highest BCUT2D eigenvalue weighted by Crippen LogP contribution is 2.45. The van der Waals surface area contributed by atoms with Gasteiger partial charge in [-0.1, -0.05) is 367 Å². The molecule has 109 heavy (non-hydrogen) atoms. The first-order chi connectivity index (χ1) is 53.2. The summed E-state index contributed by atoms with van der Waals surface area (Å²) < 4.78 is 61.3. The number of hydrogen-bond donors (Lipinski definition) is 4. The lowest BCUT2D eigenvalue weighted by Gasteiger charge is -2.21. The quantitative estimate of drug-likeness (QED) is 0.0146. The molecule has 0 heterocycles. The molecule has 0 spiro atoms. The summed E-state index contributed by atoms with van der Waals surface area (Å²) in [5.41, 5.74) is 0. The largest absolute Gasteiger partial charge is 0.472 e. The van der Waals surface area contributed by atoms with Crippen LogP contribution in [0, 0.1) is 0 Å². The summed E-state index contributed by atoms with van der Waals surface area (Å²) in [6.07, 6.45) is 101. The molecule has 5 unspecified atom stereocenters. The van der Waals surface area contributed by atoms with Gasteiger partial charge in [-0.2, -0.15) is 0 Å². The molecule has 0 aliphatic carbocycles. The molecule has 18 heteroatoms. The lowest BCUT2D eigenvalue weighted by molar-refractivity contribution is -0.161. The highest BCUT2D eigenvalue weighted by molar-refractivity contribution is 7.47. The number of phosphoric acid groups is 2. The maximum Gasteiger partial charge on any atom is 0.472 e. The number of carbonyl (C=O) groups is 3. The number of unbranched alkanes of at least 4 members (excludes halogenated alkanes) is 40. The minimum Gasteiger partial charge on any atom is -0.463 e. The van der Waals surface area contributed by atoms with E-state index >= 15 is 0 Å². The number of aliphatic hydroxyl groups excluding tert-OH is 2. The Hall–Kier alpha value is -4.05. The zero-order valence-electron chi connectivity index (χ0n) is 69.2. The number of allylic oxidation sites excluding steroid dienone is 20. The lowest BCUT2D eigenvalue weighted by Crippen LogP contribution is -2.30. The van der Waals surface area contributed by atoms with Gasteiger partial charge in [-0.15, -0.1) is 0 Å². The van der Waals surface area contributed by atoms with E-state index in [-0.39, 0.29) is 19.3 Å². The number of phosphoric ester groups is 2. The van der Waals surface area contributed by atoms with Crippen molar-refractivity contribution in [2.45, 2.75) is 399 Å². The molecule has 0 amide bonds. The fourth-order valence-electron chi connectivity index (χ4n) is 12.0. The maximum atomic E-state index is 13.0. The van der Waals surface area contributed by atoms with Crippen molar-refractivity contribution in [3.63, 3.8) is 0 Å². The molecule has 5 atom stereocenters. The van der Waals surface area contributed by atoms with Crippen LogP contribution in [0.1, 0.15) is 380 Å². The summed E-state index contributed by atoms with van der Waals surface area (Å²) in [7, 11) is -9.79. The van der Waals surface area contributed by atoms with Gasteiger partial charge in [0.2, 0.25) is 0 Å². The van der Waals surface area contributed by atoms with Gasteiger partial charge in [0.25, 0.3) is 0 Å². The maximum absolute atomic E-state index is 13.0. The van der Waals surface area contributed by atoms with Crippen molar-refractivity contribution in [3.8, 4) is 0 Å². The predicted octanol–water partition coefficient (Wildman–Crippen LogP) is 26.4. The van der Waals surface area contributed by atoms with Crippen LogP contribution < -0.4 is 0 Å². The highest BCUT2D eigenvalue weighted by atomic mass is 31.2. The molecule has 0 rings (SSSR count). The van der Waals surface area contributed by atoms with Gasteiger partial charge in [-0.3, -0.25) is 32.5 Å². The number of ether oxygens (including phenoxy) is 3. The van der Waals surface area contributed by atoms with E-state index in [4.69, 9.17) is 32.3 Å². The minimum atomic E-state index is -4.93.